The molecular weight excluding hydrogens is 287 g/mol. The van der Waals surface area contributed by atoms with E-state index in [0.717, 1.165) is 28.4 Å². The molecule has 14 heavy (non-hydrogen) atoms. The maximum Gasteiger partial charge on any atom is 0.120 e. The molecular formula is C12H13IO. The Hall–Kier alpha value is -0.350. The predicted octanol–water partition coefficient (Wildman–Crippen LogP) is 3.38. The minimum Gasteiger partial charge on any atom is -0.380 e. The van der Waals surface area contributed by atoms with E-state index in [2.05, 4.69) is 28.7 Å². The van der Waals surface area contributed by atoms with E-state index >= 15 is 0 Å². The van der Waals surface area contributed by atoms with Crippen LogP contribution < -0.4 is 0 Å². The molecule has 74 valence electrons. The fraction of sp³-hybridized carbons (Fsp3) is 0.333. The van der Waals surface area contributed by atoms with Crippen molar-refractivity contribution in [2.75, 3.05) is 0 Å². The highest BCUT2D eigenvalue weighted by atomic mass is 127. The van der Waals surface area contributed by atoms with Gasteiger partial charge in [-0.2, -0.15) is 0 Å². The van der Waals surface area contributed by atoms with Crippen LogP contribution in [0.5, 0.6) is 0 Å². The molecule has 1 N–H and O–H groups in total. The van der Waals surface area contributed by atoms with Crippen LogP contribution >= 0.6 is 22.6 Å². The summed E-state index contributed by atoms with van der Waals surface area (Å²) >= 11 is 2.25. The third-order valence-corrected chi connectivity index (χ3v) is 4.05. The molecule has 1 aromatic rings. The van der Waals surface area contributed by atoms with Gasteiger partial charge < -0.3 is 5.11 Å². The zero-order valence-electron chi connectivity index (χ0n) is 7.91. The van der Waals surface area contributed by atoms with Crippen molar-refractivity contribution in [3.63, 3.8) is 0 Å². The normalized spacial score (nSPS) is 27.1. The first-order valence-corrected chi connectivity index (χ1v) is 5.95. The number of benzene rings is 1. The van der Waals surface area contributed by atoms with Gasteiger partial charge in [0.15, 0.2) is 0 Å². The van der Waals surface area contributed by atoms with Crippen LogP contribution in [0.15, 0.2) is 40.0 Å². The fourth-order valence-corrected chi connectivity index (χ4v) is 2.76. The van der Waals surface area contributed by atoms with Crippen LogP contribution in [0.4, 0.5) is 0 Å². The van der Waals surface area contributed by atoms with E-state index < -0.39 is 5.60 Å². The lowest BCUT2D eigenvalue weighted by Gasteiger charge is -2.31. The molecule has 0 aliphatic heterocycles. The van der Waals surface area contributed by atoms with Gasteiger partial charge in [0.25, 0.3) is 0 Å². The monoisotopic (exact) mass is 300 g/mol. The number of rotatable bonds is 1. The standard InChI is InChI=1S/C12H13IO/c13-11-8-4-5-9-12(11,14)10-6-2-1-3-7-10/h1-3,6-8,14H,4-5,9H2. The Morgan fingerprint density at radius 2 is 1.93 bits per heavy atom. The molecule has 1 atom stereocenters. The molecule has 0 saturated carbocycles. The summed E-state index contributed by atoms with van der Waals surface area (Å²) in [7, 11) is 0. The first-order chi connectivity index (χ1) is 6.73. The Balaban J connectivity index is 2.41. The van der Waals surface area contributed by atoms with E-state index in [0.29, 0.717) is 0 Å². The Kier molecular flexibility index (Phi) is 2.93. The lowest BCUT2D eigenvalue weighted by molar-refractivity contribution is 0.0705. The molecule has 1 unspecified atom stereocenters. The van der Waals surface area contributed by atoms with Crippen molar-refractivity contribution in [3.05, 3.63) is 45.6 Å². The molecule has 0 spiro atoms. The molecule has 0 aromatic heterocycles. The van der Waals surface area contributed by atoms with E-state index in [9.17, 15) is 5.11 Å². The highest BCUT2D eigenvalue weighted by molar-refractivity contribution is 14.1. The van der Waals surface area contributed by atoms with E-state index in [1.165, 1.54) is 0 Å². The molecule has 0 fully saturated rings. The van der Waals surface area contributed by atoms with Crippen LogP contribution in [0.1, 0.15) is 24.8 Å². The minimum atomic E-state index is -0.722. The fourth-order valence-electron chi connectivity index (χ4n) is 1.87. The van der Waals surface area contributed by atoms with Gasteiger partial charge in [0.05, 0.1) is 0 Å². The molecule has 1 aliphatic carbocycles. The lowest BCUT2D eigenvalue weighted by Crippen LogP contribution is -2.27. The van der Waals surface area contributed by atoms with Crippen molar-refractivity contribution in [1.82, 2.24) is 0 Å². The maximum absolute atomic E-state index is 10.5. The van der Waals surface area contributed by atoms with Crippen LogP contribution in [0, 0.1) is 0 Å². The first kappa shape index (κ1) is 10.2. The Labute approximate surface area is 98.0 Å². The van der Waals surface area contributed by atoms with Gasteiger partial charge in [-0.1, -0.05) is 36.4 Å². The number of aliphatic hydroxyl groups is 1. The molecule has 0 radical (unpaired) electrons. The van der Waals surface area contributed by atoms with Gasteiger partial charge in [0.1, 0.15) is 5.60 Å². The average Bonchev–Trinajstić information content (AvgIpc) is 2.24. The highest BCUT2D eigenvalue weighted by Crippen LogP contribution is 2.41. The summed E-state index contributed by atoms with van der Waals surface area (Å²) in [5.74, 6) is 0. The molecule has 2 rings (SSSR count). The Morgan fingerprint density at radius 3 is 2.57 bits per heavy atom. The topological polar surface area (TPSA) is 20.2 Å². The zero-order chi connectivity index (χ0) is 10.0. The van der Waals surface area contributed by atoms with Crippen LogP contribution in [0.25, 0.3) is 0 Å². The third-order valence-electron chi connectivity index (χ3n) is 2.71. The molecule has 2 heteroatoms. The van der Waals surface area contributed by atoms with E-state index in [-0.39, 0.29) is 0 Å². The van der Waals surface area contributed by atoms with E-state index in [1.807, 2.05) is 30.3 Å². The molecule has 1 aromatic carbocycles. The van der Waals surface area contributed by atoms with Gasteiger partial charge in [0.2, 0.25) is 0 Å². The smallest absolute Gasteiger partial charge is 0.120 e. The number of halogens is 1. The molecule has 0 amide bonds. The van der Waals surface area contributed by atoms with Gasteiger partial charge in [-0.3, -0.25) is 0 Å². The van der Waals surface area contributed by atoms with Crippen molar-refractivity contribution >= 4 is 22.6 Å². The van der Waals surface area contributed by atoms with Crippen molar-refractivity contribution in [2.24, 2.45) is 0 Å². The summed E-state index contributed by atoms with van der Waals surface area (Å²) in [4.78, 5) is 0. The zero-order valence-corrected chi connectivity index (χ0v) is 10.1. The molecule has 1 nitrogen and oxygen atoms in total. The second-order valence-corrected chi connectivity index (χ2v) is 4.83. The number of allylic oxidation sites excluding steroid dienone is 1. The summed E-state index contributed by atoms with van der Waals surface area (Å²) in [5, 5.41) is 10.5. The van der Waals surface area contributed by atoms with E-state index in [1.54, 1.807) is 0 Å². The third kappa shape index (κ3) is 1.73. The predicted molar refractivity (Wildman–Crippen MR) is 66.3 cm³/mol. The molecule has 0 bridgehead atoms. The van der Waals surface area contributed by atoms with Crippen LogP contribution in [-0.4, -0.2) is 5.11 Å². The van der Waals surface area contributed by atoms with Crippen molar-refractivity contribution < 1.29 is 5.11 Å². The van der Waals surface area contributed by atoms with Crippen molar-refractivity contribution in [1.29, 1.82) is 0 Å². The molecule has 0 saturated heterocycles. The van der Waals surface area contributed by atoms with Crippen molar-refractivity contribution in [2.45, 2.75) is 24.9 Å². The summed E-state index contributed by atoms with van der Waals surface area (Å²) in [5.41, 5.74) is 0.292. The van der Waals surface area contributed by atoms with Gasteiger partial charge in [0, 0.05) is 3.58 Å². The van der Waals surface area contributed by atoms with Crippen LogP contribution in [-0.2, 0) is 5.60 Å². The van der Waals surface area contributed by atoms with Crippen LogP contribution in [0.3, 0.4) is 0 Å². The highest BCUT2D eigenvalue weighted by Gasteiger charge is 2.33. The first-order valence-electron chi connectivity index (χ1n) is 4.87. The second-order valence-electron chi connectivity index (χ2n) is 3.67. The number of hydrogen-bond acceptors (Lipinski definition) is 1. The summed E-state index contributed by atoms with van der Waals surface area (Å²) in [6.07, 6.45) is 5.13. The van der Waals surface area contributed by atoms with Gasteiger partial charge in [-0.05, 0) is 47.4 Å². The average molecular weight is 300 g/mol. The Morgan fingerprint density at radius 1 is 1.21 bits per heavy atom. The number of hydrogen-bond donors (Lipinski definition) is 1. The molecule has 1 aliphatic rings. The van der Waals surface area contributed by atoms with Gasteiger partial charge in [-0.25, -0.2) is 0 Å². The largest absolute Gasteiger partial charge is 0.380 e. The second kappa shape index (κ2) is 4.03. The van der Waals surface area contributed by atoms with Crippen LogP contribution in [0.2, 0.25) is 0 Å². The summed E-state index contributed by atoms with van der Waals surface area (Å²) in [6.45, 7) is 0. The molecule has 0 heterocycles. The Bertz CT molecular complexity index is 345. The minimum absolute atomic E-state index is 0.722. The summed E-state index contributed by atoms with van der Waals surface area (Å²) < 4.78 is 1.06. The summed E-state index contributed by atoms with van der Waals surface area (Å²) in [6, 6.07) is 9.93. The lowest BCUT2D eigenvalue weighted by atomic mass is 9.85. The maximum atomic E-state index is 10.5. The van der Waals surface area contributed by atoms with Gasteiger partial charge in [-0.15, -0.1) is 0 Å². The van der Waals surface area contributed by atoms with Gasteiger partial charge >= 0.3 is 0 Å². The quantitative estimate of drug-likeness (QED) is 0.788. The van der Waals surface area contributed by atoms with E-state index in [4.69, 9.17) is 0 Å². The SMILES string of the molecule is OC1(c2ccccc2)CCCC=C1I. The van der Waals surface area contributed by atoms with Crippen molar-refractivity contribution in [3.8, 4) is 0 Å².